The van der Waals surface area contributed by atoms with Crippen LogP contribution in [0.3, 0.4) is 0 Å². The van der Waals surface area contributed by atoms with Gasteiger partial charge in [-0.3, -0.25) is 9.69 Å². The lowest BCUT2D eigenvalue weighted by atomic mass is 10.2. The molecule has 128 valence electrons. The van der Waals surface area contributed by atoms with Crippen molar-refractivity contribution in [3.05, 3.63) is 40.9 Å². The molecular weight excluding hydrogens is 318 g/mol. The van der Waals surface area contributed by atoms with Gasteiger partial charge in [-0.2, -0.15) is 0 Å². The van der Waals surface area contributed by atoms with E-state index in [9.17, 15) is 4.79 Å². The Balaban J connectivity index is 1.77. The number of carbonyl (C=O) groups is 1. The summed E-state index contributed by atoms with van der Waals surface area (Å²) in [5, 5.41) is 0.926. The molecule has 5 heteroatoms. The number of aryl methyl sites for hydroxylation is 1. The van der Waals surface area contributed by atoms with E-state index in [1.165, 1.54) is 11.3 Å². The van der Waals surface area contributed by atoms with Crippen LogP contribution < -0.4 is 0 Å². The molecule has 1 aromatic carbocycles. The molecule has 2 heterocycles. The Hall–Kier alpha value is -1.72. The topological polar surface area (TPSA) is 36.4 Å². The van der Waals surface area contributed by atoms with Crippen LogP contribution in [-0.4, -0.2) is 52.9 Å². The van der Waals surface area contributed by atoms with E-state index >= 15 is 0 Å². The Morgan fingerprint density at radius 2 is 1.88 bits per heavy atom. The molecule has 1 aliphatic heterocycles. The number of benzene rings is 1. The molecule has 4 nitrogen and oxygen atoms in total. The Kier molecular flexibility index (Phi) is 5.31. The fraction of sp³-hybridized carbons (Fsp3) is 0.474. The van der Waals surface area contributed by atoms with Crippen molar-refractivity contribution in [1.29, 1.82) is 0 Å². The van der Waals surface area contributed by atoms with Crippen molar-refractivity contribution in [3.63, 3.8) is 0 Å². The summed E-state index contributed by atoms with van der Waals surface area (Å²) in [7, 11) is 0. The van der Waals surface area contributed by atoms with Gasteiger partial charge in [0.15, 0.2) is 0 Å². The smallest absolute Gasteiger partial charge is 0.265 e. The first-order valence-electron chi connectivity index (χ1n) is 8.62. The van der Waals surface area contributed by atoms with Crippen LogP contribution in [-0.2, 0) is 0 Å². The van der Waals surface area contributed by atoms with Gasteiger partial charge in [-0.25, -0.2) is 4.98 Å². The monoisotopic (exact) mass is 343 g/mol. The van der Waals surface area contributed by atoms with Crippen molar-refractivity contribution in [1.82, 2.24) is 14.8 Å². The van der Waals surface area contributed by atoms with E-state index in [1.54, 1.807) is 0 Å². The third-order valence-corrected chi connectivity index (χ3v) is 5.75. The molecule has 0 atom stereocenters. The molecule has 24 heavy (non-hydrogen) atoms. The third-order valence-electron chi connectivity index (χ3n) is 4.56. The maximum Gasteiger partial charge on any atom is 0.265 e. The van der Waals surface area contributed by atoms with Crippen LogP contribution in [0.2, 0.25) is 0 Å². The van der Waals surface area contributed by atoms with Gasteiger partial charge >= 0.3 is 0 Å². The molecular formula is C19H25N3OS. The van der Waals surface area contributed by atoms with Crippen LogP contribution in [0.5, 0.6) is 0 Å². The maximum atomic E-state index is 13.0. The number of aromatic nitrogens is 1. The summed E-state index contributed by atoms with van der Waals surface area (Å²) in [5.41, 5.74) is 1.92. The minimum Gasteiger partial charge on any atom is -0.337 e. The highest BCUT2D eigenvalue weighted by Crippen LogP contribution is 2.28. The average Bonchev–Trinajstić information content (AvgIpc) is 2.81. The summed E-state index contributed by atoms with van der Waals surface area (Å²) in [4.78, 5) is 22.8. The van der Waals surface area contributed by atoms with Gasteiger partial charge < -0.3 is 4.90 Å². The van der Waals surface area contributed by atoms with Gasteiger partial charge in [0.25, 0.3) is 5.91 Å². The van der Waals surface area contributed by atoms with E-state index in [0.29, 0.717) is 6.04 Å². The Bertz CT molecular complexity index is 696. The van der Waals surface area contributed by atoms with Gasteiger partial charge in [0.05, 0.1) is 5.69 Å². The van der Waals surface area contributed by atoms with E-state index in [0.717, 1.165) is 53.7 Å². The summed E-state index contributed by atoms with van der Waals surface area (Å²) in [5.74, 6) is 0.137. The number of thiazole rings is 1. The van der Waals surface area contributed by atoms with Crippen LogP contribution in [0, 0.1) is 6.92 Å². The highest BCUT2D eigenvalue weighted by Gasteiger charge is 2.24. The molecule has 1 fully saturated rings. The van der Waals surface area contributed by atoms with E-state index < -0.39 is 0 Å². The largest absolute Gasteiger partial charge is 0.337 e. The predicted octanol–water partition coefficient (Wildman–Crippen LogP) is 3.67. The SMILES string of the molecule is Cc1nc(-c2ccccc2)sc1C(=O)N1CCCN(C(C)C)CC1. The first kappa shape index (κ1) is 17.1. The summed E-state index contributed by atoms with van der Waals surface area (Å²) in [6.45, 7) is 10.0. The summed E-state index contributed by atoms with van der Waals surface area (Å²) in [6, 6.07) is 10.6. The molecule has 0 aliphatic carbocycles. The molecule has 0 unspecified atom stereocenters. The lowest BCUT2D eigenvalue weighted by Crippen LogP contribution is -2.37. The van der Waals surface area contributed by atoms with E-state index in [2.05, 4.69) is 23.7 Å². The molecule has 0 N–H and O–H groups in total. The second-order valence-corrected chi connectivity index (χ2v) is 7.57. The number of carbonyl (C=O) groups excluding carboxylic acids is 1. The first-order valence-corrected chi connectivity index (χ1v) is 9.44. The molecule has 0 spiro atoms. The molecule has 1 aromatic heterocycles. The summed E-state index contributed by atoms with van der Waals surface area (Å²) in [6.07, 6.45) is 1.04. The standard InChI is InChI=1S/C19H25N3OS/c1-14(2)21-10-7-11-22(13-12-21)19(23)17-15(3)20-18(24-17)16-8-5-4-6-9-16/h4-6,8-9,14H,7,10-13H2,1-3H3. The van der Waals surface area contributed by atoms with E-state index in [4.69, 9.17) is 0 Å². The molecule has 1 amide bonds. The van der Waals surface area contributed by atoms with Gasteiger partial charge in [0.1, 0.15) is 9.88 Å². The predicted molar refractivity (Wildman–Crippen MR) is 99.5 cm³/mol. The van der Waals surface area contributed by atoms with Gasteiger partial charge in [-0.05, 0) is 27.2 Å². The first-order chi connectivity index (χ1) is 11.6. The highest BCUT2D eigenvalue weighted by molar-refractivity contribution is 7.17. The Labute approximate surface area is 148 Å². The van der Waals surface area contributed by atoms with Crippen molar-refractivity contribution in [3.8, 4) is 10.6 Å². The van der Waals surface area contributed by atoms with Gasteiger partial charge in [-0.15, -0.1) is 11.3 Å². The lowest BCUT2D eigenvalue weighted by Gasteiger charge is -2.24. The summed E-state index contributed by atoms with van der Waals surface area (Å²) < 4.78 is 0. The molecule has 1 saturated heterocycles. The number of amides is 1. The van der Waals surface area contributed by atoms with Gasteiger partial charge in [-0.1, -0.05) is 30.3 Å². The van der Waals surface area contributed by atoms with E-state index in [-0.39, 0.29) is 5.91 Å². The zero-order chi connectivity index (χ0) is 17.1. The second-order valence-electron chi connectivity index (χ2n) is 6.58. The highest BCUT2D eigenvalue weighted by atomic mass is 32.1. The number of hydrogen-bond acceptors (Lipinski definition) is 4. The van der Waals surface area contributed by atoms with Crippen LogP contribution in [0.15, 0.2) is 30.3 Å². The zero-order valence-corrected chi connectivity index (χ0v) is 15.5. The quantitative estimate of drug-likeness (QED) is 0.853. The minimum atomic E-state index is 0.137. The van der Waals surface area contributed by atoms with Crippen LogP contribution >= 0.6 is 11.3 Å². The van der Waals surface area contributed by atoms with Crippen molar-refractivity contribution in [2.45, 2.75) is 33.2 Å². The fourth-order valence-electron chi connectivity index (χ4n) is 3.10. The molecule has 0 radical (unpaired) electrons. The molecule has 0 bridgehead atoms. The summed E-state index contributed by atoms with van der Waals surface area (Å²) >= 11 is 1.51. The Morgan fingerprint density at radius 1 is 1.12 bits per heavy atom. The van der Waals surface area contributed by atoms with Crippen molar-refractivity contribution >= 4 is 17.2 Å². The fourth-order valence-corrected chi connectivity index (χ4v) is 4.14. The molecule has 2 aromatic rings. The maximum absolute atomic E-state index is 13.0. The lowest BCUT2D eigenvalue weighted by molar-refractivity contribution is 0.0763. The van der Waals surface area contributed by atoms with Crippen LogP contribution in [0.1, 0.15) is 35.6 Å². The van der Waals surface area contributed by atoms with Crippen LogP contribution in [0.4, 0.5) is 0 Å². The number of nitrogens with zero attached hydrogens (tertiary/aromatic N) is 3. The van der Waals surface area contributed by atoms with Crippen molar-refractivity contribution < 1.29 is 4.79 Å². The minimum absolute atomic E-state index is 0.137. The van der Waals surface area contributed by atoms with E-state index in [1.807, 2.05) is 42.2 Å². The van der Waals surface area contributed by atoms with Crippen LogP contribution in [0.25, 0.3) is 10.6 Å². The molecule has 0 saturated carbocycles. The zero-order valence-electron chi connectivity index (χ0n) is 14.7. The number of hydrogen-bond donors (Lipinski definition) is 0. The molecule has 1 aliphatic rings. The van der Waals surface area contributed by atoms with Crippen molar-refractivity contribution in [2.24, 2.45) is 0 Å². The third kappa shape index (κ3) is 3.68. The average molecular weight is 343 g/mol. The normalized spacial score (nSPS) is 16.4. The van der Waals surface area contributed by atoms with Gasteiger partial charge in [0.2, 0.25) is 0 Å². The van der Waals surface area contributed by atoms with Crippen molar-refractivity contribution in [2.75, 3.05) is 26.2 Å². The number of rotatable bonds is 3. The Morgan fingerprint density at radius 3 is 2.58 bits per heavy atom. The van der Waals surface area contributed by atoms with Gasteiger partial charge in [0, 0.05) is 37.8 Å². The second kappa shape index (κ2) is 7.45. The molecule has 3 rings (SSSR count).